The summed E-state index contributed by atoms with van der Waals surface area (Å²) in [5, 5.41) is 2.17. The Morgan fingerprint density at radius 1 is 0.474 bits per heavy atom. The molecule has 0 amide bonds. The summed E-state index contributed by atoms with van der Waals surface area (Å²) in [6.45, 7) is 1.96. The van der Waals surface area contributed by atoms with Gasteiger partial charge in [0.2, 0.25) is 0 Å². The van der Waals surface area contributed by atoms with Crippen LogP contribution in [-0.4, -0.2) is 9.97 Å². The van der Waals surface area contributed by atoms with Crippen LogP contribution < -0.4 is 0 Å². The number of aryl methyl sites for hydroxylation is 1. The second kappa shape index (κ2) is 9.13. The van der Waals surface area contributed by atoms with Gasteiger partial charge in [0.15, 0.2) is 0 Å². The Bertz CT molecular complexity index is 1860. The maximum atomic E-state index is 6.15. The molecule has 2 aromatic heterocycles. The molecular formula is C35H24N2O. The largest absolute Gasteiger partial charge is 0.456 e. The molecule has 0 saturated heterocycles. The standard InChI is InChI=1S/C35H24N2O/c1-23-36-31(22-32(37-23)29-16-10-18-34-35(29)30-15-8-9-17-33(30)38-34)28-20-26(24-11-4-2-5-12-24)19-27(21-28)25-13-6-3-7-14-25/h2-22H,1H3. The van der Waals surface area contributed by atoms with Crippen molar-refractivity contribution in [1.82, 2.24) is 9.97 Å². The minimum Gasteiger partial charge on any atom is -0.456 e. The lowest BCUT2D eigenvalue weighted by Gasteiger charge is -2.12. The Morgan fingerprint density at radius 2 is 1.05 bits per heavy atom. The average molecular weight is 489 g/mol. The number of nitrogens with zero attached hydrogens (tertiary/aromatic N) is 2. The Labute approximate surface area is 221 Å². The van der Waals surface area contributed by atoms with Crippen LogP contribution in [0.5, 0.6) is 0 Å². The number of furan rings is 1. The molecule has 0 bridgehead atoms. The van der Waals surface area contributed by atoms with E-state index in [9.17, 15) is 0 Å². The van der Waals surface area contributed by atoms with Crippen LogP contribution in [0.4, 0.5) is 0 Å². The van der Waals surface area contributed by atoms with E-state index in [0.29, 0.717) is 0 Å². The number of para-hydroxylation sites is 1. The van der Waals surface area contributed by atoms with E-state index in [2.05, 4.69) is 84.9 Å². The van der Waals surface area contributed by atoms with Gasteiger partial charge in [0.1, 0.15) is 17.0 Å². The molecule has 0 radical (unpaired) electrons. The van der Waals surface area contributed by atoms with Gasteiger partial charge in [-0.3, -0.25) is 0 Å². The molecule has 0 aliphatic carbocycles. The van der Waals surface area contributed by atoms with Crippen molar-refractivity contribution in [2.24, 2.45) is 0 Å². The molecule has 38 heavy (non-hydrogen) atoms. The molecule has 2 heterocycles. The summed E-state index contributed by atoms with van der Waals surface area (Å²) >= 11 is 0. The first-order chi connectivity index (χ1) is 18.7. The first kappa shape index (κ1) is 22.2. The summed E-state index contributed by atoms with van der Waals surface area (Å²) in [5.41, 5.74) is 10.3. The van der Waals surface area contributed by atoms with Crippen LogP contribution >= 0.6 is 0 Å². The van der Waals surface area contributed by atoms with Crippen molar-refractivity contribution in [3.8, 4) is 44.8 Å². The zero-order valence-electron chi connectivity index (χ0n) is 20.9. The second-order valence-electron chi connectivity index (χ2n) is 9.49. The van der Waals surface area contributed by atoms with Crippen LogP contribution in [0, 0.1) is 6.92 Å². The molecule has 3 heteroatoms. The molecule has 0 fully saturated rings. The van der Waals surface area contributed by atoms with E-state index in [4.69, 9.17) is 14.4 Å². The Hall–Kier alpha value is -5.02. The molecule has 0 aliphatic heterocycles. The van der Waals surface area contributed by atoms with Crippen molar-refractivity contribution in [1.29, 1.82) is 0 Å². The lowest BCUT2D eigenvalue weighted by Crippen LogP contribution is -1.96. The van der Waals surface area contributed by atoms with Crippen LogP contribution in [0.2, 0.25) is 0 Å². The maximum absolute atomic E-state index is 6.15. The number of benzene rings is 5. The van der Waals surface area contributed by atoms with E-state index in [-0.39, 0.29) is 0 Å². The van der Waals surface area contributed by atoms with Crippen molar-refractivity contribution in [2.75, 3.05) is 0 Å². The minimum absolute atomic E-state index is 0.730. The van der Waals surface area contributed by atoms with Gasteiger partial charge in [-0.15, -0.1) is 0 Å². The molecule has 0 saturated carbocycles. The summed E-state index contributed by atoms with van der Waals surface area (Å²) < 4.78 is 6.15. The van der Waals surface area contributed by atoms with E-state index in [1.807, 2.05) is 49.4 Å². The highest BCUT2D eigenvalue weighted by Gasteiger charge is 2.16. The Kier molecular flexibility index (Phi) is 5.33. The van der Waals surface area contributed by atoms with Gasteiger partial charge in [0.05, 0.1) is 11.4 Å². The SMILES string of the molecule is Cc1nc(-c2cc(-c3ccccc3)cc(-c3ccccc3)c2)cc(-c2cccc3oc4ccccc4c23)n1. The van der Waals surface area contributed by atoms with Crippen LogP contribution in [0.3, 0.4) is 0 Å². The number of aromatic nitrogens is 2. The lowest BCUT2D eigenvalue weighted by atomic mass is 9.94. The fourth-order valence-corrected chi connectivity index (χ4v) is 5.21. The summed E-state index contributed by atoms with van der Waals surface area (Å²) in [5.74, 6) is 0.730. The third kappa shape index (κ3) is 3.95. The molecule has 180 valence electrons. The zero-order valence-corrected chi connectivity index (χ0v) is 20.9. The highest BCUT2D eigenvalue weighted by molar-refractivity contribution is 6.12. The summed E-state index contributed by atoms with van der Waals surface area (Å²) in [4.78, 5) is 9.77. The van der Waals surface area contributed by atoms with Gasteiger partial charge in [-0.1, -0.05) is 91.0 Å². The quantitative estimate of drug-likeness (QED) is 0.248. The number of rotatable bonds is 4. The van der Waals surface area contributed by atoms with Crippen LogP contribution in [-0.2, 0) is 0 Å². The monoisotopic (exact) mass is 488 g/mol. The maximum Gasteiger partial charge on any atom is 0.136 e. The van der Waals surface area contributed by atoms with E-state index >= 15 is 0 Å². The lowest BCUT2D eigenvalue weighted by molar-refractivity contribution is 0.669. The van der Waals surface area contributed by atoms with Gasteiger partial charge in [-0.2, -0.15) is 0 Å². The summed E-state index contributed by atoms with van der Waals surface area (Å²) in [6.07, 6.45) is 0. The van der Waals surface area contributed by atoms with Crippen LogP contribution in [0.15, 0.2) is 132 Å². The molecule has 0 unspecified atom stereocenters. The predicted molar refractivity (Wildman–Crippen MR) is 156 cm³/mol. The molecule has 0 N–H and O–H groups in total. The second-order valence-corrected chi connectivity index (χ2v) is 9.49. The van der Waals surface area contributed by atoms with Gasteiger partial charge in [-0.25, -0.2) is 9.97 Å². The molecule has 0 aliphatic rings. The first-order valence-electron chi connectivity index (χ1n) is 12.8. The third-order valence-corrected chi connectivity index (χ3v) is 6.96. The fourth-order valence-electron chi connectivity index (χ4n) is 5.21. The minimum atomic E-state index is 0.730. The molecule has 7 aromatic rings. The summed E-state index contributed by atoms with van der Waals surface area (Å²) in [7, 11) is 0. The van der Waals surface area contributed by atoms with Gasteiger partial charge in [0, 0.05) is 21.9 Å². The highest BCUT2D eigenvalue weighted by Crippen LogP contribution is 2.38. The smallest absolute Gasteiger partial charge is 0.136 e. The van der Waals surface area contributed by atoms with Crippen molar-refractivity contribution in [3.05, 3.63) is 133 Å². The predicted octanol–water partition coefficient (Wildman–Crippen LogP) is 9.35. The van der Waals surface area contributed by atoms with Gasteiger partial charge in [0.25, 0.3) is 0 Å². The van der Waals surface area contributed by atoms with Crippen LogP contribution in [0.25, 0.3) is 66.7 Å². The molecule has 3 nitrogen and oxygen atoms in total. The van der Waals surface area contributed by atoms with E-state index in [1.54, 1.807) is 0 Å². The normalized spacial score (nSPS) is 11.3. The van der Waals surface area contributed by atoms with Crippen molar-refractivity contribution in [2.45, 2.75) is 6.92 Å². The molecule has 0 spiro atoms. The molecule has 0 atom stereocenters. The molecule has 7 rings (SSSR count). The van der Waals surface area contributed by atoms with Crippen molar-refractivity contribution in [3.63, 3.8) is 0 Å². The van der Waals surface area contributed by atoms with E-state index in [0.717, 1.165) is 61.4 Å². The van der Waals surface area contributed by atoms with Crippen LogP contribution in [0.1, 0.15) is 5.82 Å². The highest BCUT2D eigenvalue weighted by atomic mass is 16.3. The van der Waals surface area contributed by atoms with Crippen molar-refractivity contribution >= 4 is 21.9 Å². The summed E-state index contributed by atoms with van der Waals surface area (Å²) in [6, 6.07) is 44.1. The molecular weight excluding hydrogens is 464 g/mol. The van der Waals surface area contributed by atoms with Gasteiger partial charge >= 0.3 is 0 Å². The topological polar surface area (TPSA) is 38.9 Å². The Balaban J connectivity index is 1.44. The van der Waals surface area contributed by atoms with E-state index < -0.39 is 0 Å². The third-order valence-electron chi connectivity index (χ3n) is 6.96. The first-order valence-corrected chi connectivity index (χ1v) is 12.8. The van der Waals surface area contributed by atoms with Gasteiger partial charge < -0.3 is 4.42 Å². The average Bonchev–Trinajstić information content (AvgIpc) is 3.36. The fraction of sp³-hybridized carbons (Fsp3) is 0.0286. The zero-order chi connectivity index (χ0) is 25.5. The number of hydrogen-bond donors (Lipinski definition) is 0. The van der Waals surface area contributed by atoms with E-state index in [1.165, 1.54) is 11.1 Å². The van der Waals surface area contributed by atoms with Crippen molar-refractivity contribution < 1.29 is 4.42 Å². The molecule has 5 aromatic carbocycles. The Morgan fingerprint density at radius 3 is 1.76 bits per heavy atom. The number of fused-ring (bicyclic) bond motifs is 3. The van der Waals surface area contributed by atoms with Gasteiger partial charge in [-0.05, 0) is 65.6 Å². The number of hydrogen-bond acceptors (Lipinski definition) is 3.